The summed E-state index contributed by atoms with van der Waals surface area (Å²) in [5.74, 6) is -6.12. The Bertz CT molecular complexity index is 1290. The van der Waals surface area contributed by atoms with Crippen molar-refractivity contribution in [3.8, 4) is 5.75 Å². The smallest absolute Gasteiger partial charge is 0.423 e. The van der Waals surface area contributed by atoms with Crippen LogP contribution in [0.1, 0.15) is 35.4 Å². The quantitative estimate of drug-likeness (QED) is 0.334. The number of halogens is 2. The highest BCUT2D eigenvalue weighted by Crippen LogP contribution is 2.65. The Morgan fingerprint density at radius 1 is 1.06 bits per heavy atom. The first-order valence-corrected chi connectivity index (χ1v) is 12.2. The molecule has 1 N–H and O–H groups in total. The number of likely N-dealkylation sites (tertiary alicyclic amines) is 2. The Hall–Kier alpha value is -2.91. The highest BCUT2D eigenvalue weighted by atomic mass is 35.5. The van der Waals surface area contributed by atoms with Crippen LogP contribution in [0.2, 0.25) is 0 Å². The molecule has 2 saturated heterocycles. The van der Waals surface area contributed by atoms with E-state index in [1.807, 2.05) is 0 Å². The van der Waals surface area contributed by atoms with Gasteiger partial charge in [0.05, 0.1) is 18.9 Å². The number of amides is 5. The lowest BCUT2D eigenvalue weighted by Gasteiger charge is -2.50. The molecule has 9 nitrogen and oxygen atoms in total. The fourth-order valence-electron chi connectivity index (χ4n) is 6.55. The van der Waals surface area contributed by atoms with Gasteiger partial charge in [0, 0.05) is 13.0 Å². The van der Waals surface area contributed by atoms with Gasteiger partial charge in [-0.3, -0.25) is 24.1 Å². The van der Waals surface area contributed by atoms with Gasteiger partial charge in [0.15, 0.2) is 9.75 Å². The molecule has 36 heavy (non-hydrogen) atoms. The van der Waals surface area contributed by atoms with Gasteiger partial charge in [-0.1, -0.05) is 23.8 Å². The summed E-state index contributed by atoms with van der Waals surface area (Å²) in [7, 11) is 2.39. The standard InChI is InChI=1S/C25H24Cl2N2O7/c1-10-7-12(8-11(2)18(10)30)17-13-5-6-14-16(20(32)29(19(14)31)23(35)36-4)15(13)9-24(26)21(33)28(3)22(34)25(17,24)27/h5,7-8,14-17,30H,6,9H2,1-4H3/t14-,15+,16-,17-,24+,25-/m0/s1. The number of carbonyl (C=O) groups is 5. The topological polar surface area (TPSA) is 121 Å². The van der Waals surface area contributed by atoms with Gasteiger partial charge in [-0.25, -0.2) is 4.79 Å². The number of phenolic OH excluding ortho intramolecular Hbond substituents is 1. The predicted molar refractivity (Wildman–Crippen MR) is 127 cm³/mol. The van der Waals surface area contributed by atoms with Gasteiger partial charge in [0.25, 0.3) is 11.8 Å². The molecule has 3 fully saturated rings. The number of carbonyl (C=O) groups excluding carboxylic acids is 5. The summed E-state index contributed by atoms with van der Waals surface area (Å²) in [5.41, 5.74) is 2.23. The lowest BCUT2D eigenvalue weighted by atomic mass is 9.56. The van der Waals surface area contributed by atoms with Crippen LogP contribution in [0, 0.1) is 31.6 Å². The van der Waals surface area contributed by atoms with E-state index in [-0.39, 0.29) is 18.6 Å². The molecule has 6 atom stereocenters. The highest BCUT2D eigenvalue weighted by Gasteiger charge is 2.76. The molecule has 5 rings (SSSR count). The first-order chi connectivity index (χ1) is 16.8. The molecular weight excluding hydrogens is 511 g/mol. The van der Waals surface area contributed by atoms with E-state index in [1.54, 1.807) is 32.1 Å². The van der Waals surface area contributed by atoms with Gasteiger partial charge in [0.2, 0.25) is 11.8 Å². The maximum Gasteiger partial charge on any atom is 0.423 e. The summed E-state index contributed by atoms with van der Waals surface area (Å²) < 4.78 is 4.65. The number of imide groups is 4. The normalized spacial score (nSPS) is 35.4. The van der Waals surface area contributed by atoms with Crippen molar-refractivity contribution in [2.75, 3.05) is 14.2 Å². The van der Waals surface area contributed by atoms with Gasteiger partial charge in [-0.2, -0.15) is 4.90 Å². The lowest BCUT2D eigenvalue weighted by molar-refractivity contribution is -0.139. The zero-order chi connectivity index (χ0) is 26.5. The number of alkyl halides is 2. The minimum atomic E-state index is -1.91. The van der Waals surface area contributed by atoms with E-state index in [4.69, 9.17) is 23.2 Å². The second-order valence-corrected chi connectivity index (χ2v) is 11.2. The van der Waals surface area contributed by atoms with Crippen LogP contribution in [0.5, 0.6) is 5.75 Å². The highest BCUT2D eigenvalue weighted by molar-refractivity contribution is 6.53. The Morgan fingerprint density at radius 3 is 2.25 bits per heavy atom. The summed E-state index contributed by atoms with van der Waals surface area (Å²) in [6.07, 6.45) is 0.677. The lowest BCUT2D eigenvalue weighted by Crippen LogP contribution is -2.60. The summed E-state index contributed by atoms with van der Waals surface area (Å²) in [5, 5.41) is 10.4. The number of ether oxygens (including phenoxy) is 1. The number of aromatic hydroxyl groups is 1. The van der Waals surface area contributed by atoms with Crippen molar-refractivity contribution in [3.05, 3.63) is 40.5 Å². The van der Waals surface area contributed by atoms with E-state index in [0.29, 0.717) is 27.2 Å². The number of aryl methyl sites for hydroxylation is 2. The minimum Gasteiger partial charge on any atom is -0.507 e. The maximum atomic E-state index is 13.5. The van der Waals surface area contributed by atoms with Crippen LogP contribution in [0.4, 0.5) is 4.79 Å². The molecule has 0 bridgehead atoms. The molecule has 2 heterocycles. The van der Waals surface area contributed by atoms with E-state index in [9.17, 15) is 29.1 Å². The minimum absolute atomic E-state index is 0.0841. The van der Waals surface area contributed by atoms with E-state index in [2.05, 4.69) is 4.74 Å². The van der Waals surface area contributed by atoms with Crippen LogP contribution < -0.4 is 0 Å². The van der Waals surface area contributed by atoms with E-state index in [0.717, 1.165) is 12.0 Å². The fourth-order valence-corrected chi connectivity index (χ4v) is 7.56. The molecular formula is C25H24Cl2N2O7. The maximum absolute atomic E-state index is 13.5. The SMILES string of the molecule is COC(=O)N1C(=O)[C@H]2[C@H](CC=C3[C@H]2C[C@@]2(Cl)C(=O)N(C)C(=O)[C@@]2(Cl)[C@H]3c2cc(C)c(O)c(C)c2)C1=O. The average molecular weight is 535 g/mol. The average Bonchev–Trinajstić information content (AvgIpc) is 3.16. The van der Waals surface area contributed by atoms with Crippen molar-refractivity contribution in [2.45, 2.75) is 42.4 Å². The molecule has 1 aromatic carbocycles. The summed E-state index contributed by atoms with van der Waals surface area (Å²) in [4.78, 5) is 63.1. The van der Waals surface area contributed by atoms with Gasteiger partial charge in [-0.15, -0.1) is 23.2 Å². The first kappa shape index (κ1) is 24.8. The number of rotatable bonds is 1. The Labute approximate surface area is 216 Å². The number of allylic oxidation sites excluding steroid dienone is 2. The number of fused-ring (bicyclic) bond motifs is 4. The van der Waals surface area contributed by atoms with Crippen LogP contribution in [-0.4, -0.2) is 68.5 Å². The number of benzene rings is 1. The summed E-state index contributed by atoms with van der Waals surface area (Å²) >= 11 is 14.2. The number of nitrogens with zero attached hydrogens (tertiary/aromatic N) is 2. The Morgan fingerprint density at radius 2 is 1.67 bits per heavy atom. The van der Waals surface area contributed by atoms with Crippen molar-refractivity contribution in [3.63, 3.8) is 0 Å². The second kappa shape index (κ2) is 7.79. The molecule has 0 spiro atoms. The molecule has 0 aromatic heterocycles. The summed E-state index contributed by atoms with van der Waals surface area (Å²) in [6.45, 7) is 3.40. The second-order valence-electron chi connectivity index (χ2n) is 9.98. The van der Waals surface area contributed by atoms with Crippen molar-refractivity contribution < 1.29 is 33.8 Å². The van der Waals surface area contributed by atoms with Gasteiger partial charge in [0.1, 0.15) is 5.75 Å². The third-order valence-corrected chi connectivity index (χ3v) is 9.63. The predicted octanol–water partition coefficient (Wildman–Crippen LogP) is 2.76. The molecule has 2 aliphatic carbocycles. The van der Waals surface area contributed by atoms with Crippen molar-refractivity contribution in [2.24, 2.45) is 17.8 Å². The van der Waals surface area contributed by atoms with Crippen molar-refractivity contribution in [1.29, 1.82) is 0 Å². The number of phenols is 1. The fraction of sp³-hybridized carbons (Fsp3) is 0.480. The molecule has 11 heteroatoms. The summed E-state index contributed by atoms with van der Waals surface area (Å²) in [6, 6.07) is 3.37. The van der Waals surface area contributed by atoms with Gasteiger partial charge in [-0.05, 0) is 49.3 Å². The molecule has 0 radical (unpaired) electrons. The van der Waals surface area contributed by atoms with Gasteiger partial charge < -0.3 is 9.84 Å². The first-order valence-electron chi connectivity index (χ1n) is 11.5. The van der Waals surface area contributed by atoms with E-state index < -0.39 is 63.1 Å². The third-order valence-electron chi connectivity index (χ3n) is 8.22. The molecule has 0 unspecified atom stereocenters. The van der Waals surface area contributed by atoms with Crippen LogP contribution in [0.15, 0.2) is 23.8 Å². The van der Waals surface area contributed by atoms with Crippen LogP contribution in [0.25, 0.3) is 0 Å². The molecule has 1 aromatic rings. The largest absolute Gasteiger partial charge is 0.507 e. The van der Waals surface area contributed by atoms with E-state index >= 15 is 0 Å². The molecule has 4 aliphatic rings. The number of methoxy groups -OCH3 is 1. The molecule has 5 amide bonds. The van der Waals surface area contributed by atoms with Crippen LogP contribution >= 0.6 is 23.2 Å². The Kier molecular flexibility index (Phi) is 5.36. The molecule has 1 saturated carbocycles. The van der Waals surface area contributed by atoms with Crippen LogP contribution in [0.3, 0.4) is 0 Å². The van der Waals surface area contributed by atoms with Crippen LogP contribution in [-0.2, 0) is 23.9 Å². The van der Waals surface area contributed by atoms with E-state index in [1.165, 1.54) is 7.05 Å². The van der Waals surface area contributed by atoms with Crippen molar-refractivity contribution in [1.82, 2.24) is 9.80 Å². The third kappa shape index (κ3) is 2.81. The monoisotopic (exact) mass is 534 g/mol. The van der Waals surface area contributed by atoms with Gasteiger partial charge >= 0.3 is 6.09 Å². The zero-order valence-corrected chi connectivity index (χ0v) is 21.5. The molecule has 2 aliphatic heterocycles. The zero-order valence-electron chi connectivity index (χ0n) is 20.0. The Balaban J connectivity index is 1.74. The number of hydrogen-bond acceptors (Lipinski definition) is 7. The van der Waals surface area contributed by atoms with Crippen molar-refractivity contribution >= 4 is 52.9 Å². The number of hydrogen-bond donors (Lipinski definition) is 1. The molecule has 190 valence electrons.